The number of carbonyl (C=O) groups is 3. The Kier molecular flexibility index (Phi) is 7.61. The minimum absolute atomic E-state index is 0.190. The van der Waals surface area contributed by atoms with Gasteiger partial charge in [0.05, 0.1) is 5.41 Å². The Morgan fingerprint density at radius 2 is 1.72 bits per heavy atom. The molecule has 6 nitrogen and oxygen atoms in total. The minimum Gasteiger partial charge on any atom is -0.481 e. The van der Waals surface area contributed by atoms with Crippen LogP contribution in [0.2, 0.25) is 0 Å². The second-order valence-corrected chi connectivity index (χ2v) is 7.24. The zero-order chi connectivity index (χ0) is 19.0. The number of amides is 2. The fourth-order valence-electron chi connectivity index (χ4n) is 2.24. The van der Waals surface area contributed by atoms with Gasteiger partial charge in [0.1, 0.15) is 6.04 Å². The smallest absolute Gasteiger partial charge is 0.309 e. The molecular weight excluding hydrogens is 320 g/mol. The molecule has 1 aromatic carbocycles. The van der Waals surface area contributed by atoms with Crippen LogP contribution in [0.4, 0.5) is 0 Å². The molecule has 1 rings (SSSR count). The molecule has 0 aliphatic carbocycles. The fraction of sp³-hybridized carbons (Fsp3) is 0.526. The number of aliphatic carboxylic acids is 1. The van der Waals surface area contributed by atoms with Crippen LogP contribution in [-0.2, 0) is 14.4 Å². The summed E-state index contributed by atoms with van der Waals surface area (Å²) in [5, 5.41) is 14.6. The number of carboxylic acids is 1. The van der Waals surface area contributed by atoms with Crippen molar-refractivity contribution in [1.82, 2.24) is 10.6 Å². The Hall–Kier alpha value is -2.37. The van der Waals surface area contributed by atoms with Crippen molar-refractivity contribution < 1.29 is 19.5 Å². The van der Waals surface area contributed by atoms with E-state index < -0.39 is 17.4 Å². The molecule has 0 saturated carbocycles. The molecule has 1 unspecified atom stereocenters. The topological polar surface area (TPSA) is 95.5 Å². The predicted octanol–water partition coefficient (Wildman–Crippen LogP) is 2.51. The van der Waals surface area contributed by atoms with Crippen molar-refractivity contribution in [1.29, 1.82) is 0 Å². The van der Waals surface area contributed by atoms with Gasteiger partial charge in [0.15, 0.2) is 0 Å². The molecule has 0 bridgehead atoms. The van der Waals surface area contributed by atoms with Crippen molar-refractivity contribution in [2.45, 2.75) is 46.6 Å². The summed E-state index contributed by atoms with van der Waals surface area (Å²) in [6, 6.07) is 8.21. The number of carboxylic acid groups (broad SMARTS) is 1. The summed E-state index contributed by atoms with van der Waals surface area (Å²) in [7, 11) is 0. The van der Waals surface area contributed by atoms with Crippen LogP contribution in [0, 0.1) is 11.3 Å². The van der Waals surface area contributed by atoms with Gasteiger partial charge in [-0.25, -0.2) is 0 Å². The molecule has 0 aliphatic rings. The molecule has 0 saturated heterocycles. The van der Waals surface area contributed by atoms with Gasteiger partial charge in [-0.05, 0) is 31.7 Å². The lowest BCUT2D eigenvalue weighted by Gasteiger charge is -2.22. The maximum Gasteiger partial charge on any atom is 0.309 e. The van der Waals surface area contributed by atoms with E-state index in [0.717, 1.165) is 0 Å². The van der Waals surface area contributed by atoms with Crippen molar-refractivity contribution in [2.75, 3.05) is 6.54 Å². The normalized spacial score (nSPS) is 12.5. The van der Waals surface area contributed by atoms with E-state index >= 15 is 0 Å². The summed E-state index contributed by atoms with van der Waals surface area (Å²) in [6.45, 7) is 7.32. The largest absolute Gasteiger partial charge is 0.481 e. The number of hydrogen-bond donors (Lipinski definition) is 3. The van der Waals surface area contributed by atoms with Gasteiger partial charge in [-0.1, -0.05) is 44.2 Å². The summed E-state index contributed by atoms with van der Waals surface area (Å²) in [6.07, 6.45) is 0.637. The maximum absolute atomic E-state index is 12.5. The third kappa shape index (κ3) is 6.95. The third-order valence-corrected chi connectivity index (χ3v) is 3.92. The van der Waals surface area contributed by atoms with Crippen molar-refractivity contribution in [3.8, 4) is 0 Å². The van der Waals surface area contributed by atoms with Crippen molar-refractivity contribution in [3.63, 3.8) is 0 Å². The van der Waals surface area contributed by atoms with E-state index in [1.54, 1.807) is 38.1 Å². The molecule has 1 atom stereocenters. The molecule has 3 N–H and O–H groups in total. The Balaban J connectivity index is 2.76. The van der Waals surface area contributed by atoms with Gasteiger partial charge in [-0.15, -0.1) is 0 Å². The SMILES string of the molecule is CC(C)CC(=O)NC(C(=O)NCCC(C)(C)C(=O)O)c1ccccc1. The van der Waals surface area contributed by atoms with Crippen molar-refractivity contribution in [3.05, 3.63) is 35.9 Å². The molecule has 1 aromatic rings. The average Bonchev–Trinajstić information content (AvgIpc) is 2.52. The molecule has 2 amide bonds. The molecule has 0 fully saturated rings. The van der Waals surface area contributed by atoms with Gasteiger partial charge in [0, 0.05) is 13.0 Å². The van der Waals surface area contributed by atoms with Crippen LogP contribution < -0.4 is 10.6 Å². The summed E-state index contributed by atoms with van der Waals surface area (Å²) in [4.78, 5) is 35.8. The summed E-state index contributed by atoms with van der Waals surface area (Å²) < 4.78 is 0. The maximum atomic E-state index is 12.5. The average molecular weight is 348 g/mol. The van der Waals surface area contributed by atoms with Gasteiger partial charge in [0.25, 0.3) is 0 Å². The van der Waals surface area contributed by atoms with Crippen molar-refractivity contribution >= 4 is 17.8 Å². The van der Waals surface area contributed by atoms with Crippen LogP contribution in [0.1, 0.15) is 52.1 Å². The van der Waals surface area contributed by atoms with Crippen LogP contribution >= 0.6 is 0 Å². The number of carbonyl (C=O) groups excluding carboxylic acids is 2. The predicted molar refractivity (Wildman–Crippen MR) is 95.8 cm³/mol. The third-order valence-electron chi connectivity index (χ3n) is 3.92. The number of benzene rings is 1. The Morgan fingerprint density at radius 1 is 1.12 bits per heavy atom. The van der Waals surface area contributed by atoms with E-state index in [0.29, 0.717) is 18.4 Å². The van der Waals surface area contributed by atoms with E-state index in [-0.39, 0.29) is 24.3 Å². The lowest BCUT2D eigenvalue weighted by atomic mass is 9.89. The number of hydrogen-bond acceptors (Lipinski definition) is 3. The van der Waals surface area contributed by atoms with E-state index in [1.165, 1.54) is 0 Å². The second-order valence-electron chi connectivity index (χ2n) is 7.24. The molecule has 138 valence electrons. The highest BCUT2D eigenvalue weighted by atomic mass is 16.4. The first-order chi connectivity index (χ1) is 11.6. The van der Waals surface area contributed by atoms with Crippen LogP contribution in [0.15, 0.2) is 30.3 Å². The van der Waals surface area contributed by atoms with Crippen LogP contribution in [0.25, 0.3) is 0 Å². The Bertz CT molecular complexity index is 597. The van der Waals surface area contributed by atoms with E-state index in [9.17, 15) is 14.4 Å². The standard InChI is InChI=1S/C19H28N2O4/c1-13(2)12-15(22)21-16(14-8-6-5-7-9-14)17(23)20-11-10-19(3,4)18(24)25/h5-9,13,16H,10-12H2,1-4H3,(H,20,23)(H,21,22)(H,24,25). The molecule has 0 radical (unpaired) electrons. The van der Waals surface area contributed by atoms with Crippen molar-refractivity contribution in [2.24, 2.45) is 11.3 Å². The minimum atomic E-state index is -0.920. The Labute approximate surface area is 149 Å². The summed E-state index contributed by atoms with van der Waals surface area (Å²) in [5.74, 6) is -1.25. The van der Waals surface area contributed by atoms with Gasteiger partial charge in [-0.3, -0.25) is 14.4 Å². The fourth-order valence-corrected chi connectivity index (χ4v) is 2.24. The van der Waals surface area contributed by atoms with Crippen LogP contribution in [0.3, 0.4) is 0 Å². The first kappa shape index (κ1) is 20.7. The van der Waals surface area contributed by atoms with Gasteiger partial charge >= 0.3 is 5.97 Å². The van der Waals surface area contributed by atoms with E-state index in [2.05, 4.69) is 10.6 Å². The molecule has 6 heteroatoms. The second kappa shape index (κ2) is 9.20. The molecule has 25 heavy (non-hydrogen) atoms. The van der Waals surface area contributed by atoms with Gasteiger partial charge in [0.2, 0.25) is 11.8 Å². The van der Waals surface area contributed by atoms with Crippen LogP contribution in [-0.4, -0.2) is 29.4 Å². The zero-order valence-corrected chi connectivity index (χ0v) is 15.3. The molecule has 0 heterocycles. The van der Waals surface area contributed by atoms with Gasteiger partial charge < -0.3 is 15.7 Å². The number of nitrogens with one attached hydrogen (secondary N) is 2. The highest BCUT2D eigenvalue weighted by Crippen LogP contribution is 2.20. The lowest BCUT2D eigenvalue weighted by molar-refractivity contribution is -0.147. The summed E-state index contributed by atoms with van der Waals surface area (Å²) in [5.41, 5.74) is -0.231. The quantitative estimate of drug-likeness (QED) is 0.639. The molecular formula is C19H28N2O4. The zero-order valence-electron chi connectivity index (χ0n) is 15.3. The first-order valence-corrected chi connectivity index (χ1v) is 8.49. The molecule has 0 aliphatic heterocycles. The molecule has 0 spiro atoms. The van der Waals surface area contributed by atoms with Crippen LogP contribution in [0.5, 0.6) is 0 Å². The summed E-state index contributed by atoms with van der Waals surface area (Å²) >= 11 is 0. The highest BCUT2D eigenvalue weighted by molar-refractivity contribution is 5.88. The molecule has 0 aromatic heterocycles. The lowest BCUT2D eigenvalue weighted by Crippen LogP contribution is -2.42. The Morgan fingerprint density at radius 3 is 2.24 bits per heavy atom. The van der Waals surface area contributed by atoms with E-state index in [4.69, 9.17) is 5.11 Å². The van der Waals surface area contributed by atoms with Gasteiger partial charge in [-0.2, -0.15) is 0 Å². The van der Waals surface area contributed by atoms with E-state index in [1.807, 2.05) is 19.9 Å². The highest BCUT2D eigenvalue weighted by Gasteiger charge is 2.28. The first-order valence-electron chi connectivity index (χ1n) is 8.49. The number of rotatable bonds is 9. The monoisotopic (exact) mass is 348 g/mol.